The SMILES string of the molecule is CCCCCCCCCCCCOCC(COCCCCCCCCCCCC)O[C@@H]1O[C@H](CO)[C@@H](O[C@@H]2O[C@H](CO)[C@@H](O[C@@H]3O[C@H](CO)[C@@H](O[C@@H]4O[C@H](CO)[C@@H](O[C@@H]5O[C@H](CO)[C@@H](O[C@@H]6O[C@H](CO)[C@@H](O[C@@H]7O[C@H](CO)[C@@H](O[C@@H]8O[C@H](CO)[C@@H](O)[C@H](O)[C@H]8O)[C@H](O)[C@H]7O)[C@H](O)[C@H]6O)[C@H](O)[C@H]5O)[C@H](O)[C@H]4O)[C@H](O)[C@H]3O)[C@H](O)[C@H]2O)[C@H](O)[C@H]1O. The normalized spacial score (nSPS) is 43.4. The molecule has 8 fully saturated rings. The monoisotopic (exact) mass is 1720 g/mol. The summed E-state index contributed by atoms with van der Waals surface area (Å²) in [5.41, 5.74) is 0. The van der Waals surface area contributed by atoms with Crippen LogP contribution in [0.2, 0.25) is 0 Å². The average molecular weight is 1730 g/mol. The van der Waals surface area contributed by atoms with E-state index in [2.05, 4.69) is 13.8 Å². The molecule has 118 heavy (non-hydrogen) atoms. The molecule has 8 heterocycles. The van der Waals surface area contributed by atoms with E-state index in [-0.39, 0.29) is 13.2 Å². The van der Waals surface area contributed by atoms with Crippen LogP contribution < -0.4 is 0 Å². The highest BCUT2D eigenvalue weighted by Crippen LogP contribution is 2.40. The Bertz CT molecular complexity index is 2640. The Morgan fingerprint density at radius 2 is 0.381 bits per heavy atom. The maximum absolute atomic E-state index is 11.6. The molecule has 0 amide bonds. The lowest BCUT2D eigenvalue weighted by Gasteiger charge is -2.50. The summed E-state index contributed by atoms with van der Waals surface area (Å²) < 4.78 is 104. The Hall–Kier alpha value is -1.72. The maximum atomic E-state index is 11.6. The van der Waals surface area contributed by atoms with Crippen molar-refractivity contribution in [3.8, 4) is 0 Å². The summed E-state index contributed by atoms with van der Waals surface area (Å²) >= 11 is 0. The quantitative estimate of drug-likeness (QED) is 0.0252. The van der Waals surface area contributed by atoms with Crippen LogP contribution in [0.5, 0.6) is 0 Å². The van der Waals surface area contributed by atoms with Gasteiger partial charge in [-0.25, -0.2) is 0 Å². The summed E-state index contributed by atoms with van der Waals surface area (Å²) in [6, 6.07) is 0. The van der Waals surface area contributed by atoms with Gasteiger partial charge in [0.1, 0.15) is 201 Å². The average Bonchev–Trinajstić information content (AvgIpc) is 0.774. The van der Waals surface area contributed by atoms with Gasteiger partial charge in [-0.3, -0.25) is 0 Å². The molecule has 43 heteroatoms. The van der Waals surface area contributed by atoms with Gasteiger partial charge in [0, 0.05) is 13.2 Å². The highest BCUT2D eigenvalue weighted by atomic mass is 16.8. The fraction of sp³-hybridized carbons (Fsp3) is 1.00. The van der Waals surface area contributed by atoms with Gasteiger partial charge in [-0.05, 0) is 12.8 Å². The van der Waals surface area contributed by atoms with E-state index in [0.717, 1.165) is 51.4 Å². The summed E-state index contributed by atoms with van der Waals surface area (Å²) in [7, 11) is 0. The lowest BCUT2D eigenvalue weighted by molar-refractivity contribution is -0.399. The Kier molecular flexibility index (Phi) is 44.2. The zero-order valence-electron chi connectivity index (χ0n) is 66.8. The minimum atomic E-state index is -2.27. The Morgan fingerprint density at radius 1 is 0.203 bits per heavy atom. The van der Waals surface area contributed by atoms with Crippen LogP contribution in [0.1, 0.15) is 142 Å². The molecule has 8 rings (SSSR count). The van der Waals surface area contributed by atoms with Crippen molar-refractivity contribution < 1.29 is 213 Å². The van der Waals surface area contributed by atoms with Crippen molar-refractivity contribution in [2.75, 3.05) is 79.3 Å². The number of rotatable bonds is 50. The van der Waals surface area contributed by atoms with Crippen LogP contribution in [0.3, 0.4) is 0 Å². The molecule has 0 aromatic rings. The summed E-state index contributed by atoms with van der Waals surface area (Å²) in [4.78, 5) is 0. The molecule has 25 N–H and O–H groups in total. The van der Waals surface area contributed by atoms with Gasteiger partial charge >= 0.3 is 0 Å². The molecule has 8 saturated heterocycles. The summed E-state index contributed by atoms with van der Waals surface area (Å²) in [5.74, 6) is 0. The van der Waals surface area contributed by atoms with Crippen LogP contribution in [0, 0.1) is 0 Å². The Balaban J connectivity index is 0.811. The van der Waals surface area contributed by atoms with E-state index in [1.807, 2.05) is 0 Å². The molecular weight excluding hydrogens is 1590 g/mol. The zero-order chi connectivity index (χ0) is 86.0. The fourth-order valence-electron chi connectivity index (χ4n) is 15.7. The van der Waals surface area contributed by atoms with E-state index in [0.29, 0.717) is 13.2 Å². The van der Waals surface area contributed by atoms with Crippen LogP contribution in [0.4, 0.5) is 0 Å². The van der Waals surface area contributed by atoms with Crippen molar-refractivity contribution in [2.24, 2.45) is 0 Å². The van der Waals surface area contributed by atoms with Crippen LogP contribution in [-0.2, 0) is 85.3 Å². The van der Waals surface area contributed by atoms with E-state index in [1.54, 1.807) is 0 Å². The first-order valence-electron chi connectivity index (χ1n) is 41.8. The van der Waals surface area contributed by atoms with Crippen LogP contribution in [-0.4, -0.2) is 459 Å². The Labute approximate surface area is 684 Å². The van der Waals surface area contributed by atoms with Crippen LogP contribution >= 0.6 is 0 Å². The predicted octanol–water partition coefficient (Wildman–Crippen LogP) is -9.18. The third-order valence-electron chi connectivity index (χ3n) is 22.9. The number of ether oxygens (including phenoxy) is 18. The second-order valence-corrected chi connectivity index (χ2v) is 31.6. The van der Waals surface area contributed by atoms with E-state index >= 15 is 0 Å². The molecule has 0 aromatic carbocycles. The lowest BCUT2D eigenvalue weighted by Crippen LogP contribution is -2.68. The van der Waals surface area contributed by atoms with E-state index in [4.69, 9.17) is 85.3 Å². The highest BCUT2D eigenvalue weighted by Gasteiger charge is 2.60. The number of unbranched alkanes of at least 4 members (excludes halogenated alkanes) is 18. The van der Waals surface area contributed by atoms with Gasteiger partial charge in [0.15, 0.2) is 50.3 Å². The van der Waals surface area contributed by atoms with Gasteiger partial charge in [-0.15, -0.1) is 0 Å². The van der Waals surface area contributed by atoms with E-state index in [1.165, 1.54) is 77.0 Å². The molecule has 0 aromatic heterocycles. The fourth-order valence-corrected chi connectivity index (χ4v) is 15.7. The standard InChI is InChI=1S/C75H136O43/c1-3-5-7-9-11-13-15-17-19-21-23-101-33-35(34-102-24-22-20-18-16-14-12-10-8-6-4-2)103-68-54(94)46(86)61(37(26-77)105-68)113-70-56(96)48(88)63(39(28-79)107-70)115-72-58(98)50(90)65(41(30-81)109-72)117-74-60(100)52(92)67(43(32-83)111-74)118-75-59(99)51(91)66(42(31-82)110-75)116-73-57(97)49(89)64(40(29-80)108-73)114-71-55(95)47(87)62(38(27-78)106-71)112-69-53(93)45(85)44(84)36(25-76)104-69/h35-100H,3-34H2,1-2H3/t36-,37-,38-,39-,40-,41-,42-,43-,44-,45+,46-,47-,48-,49-,50-,51-,52-,53-,54-,55-,56-,57-,58-,59-,60-,61-,62-,63-,64-,65-,66-,67-,68-,69+,70+,71+,72+,73+,74+,75+/m1/s1. The molecule has 0 saturated carbocycles. The second kappa shape index (κ2) is 51.3. The van der Waals surface area contributed by atoms with Crippen molar-refractivity contribution in [3.05, 3.63) is 0 Å². The number of aliphatic hydroxyl groups excluding tert-OH is 25. The van der Waals surface area contributed by atoms with Crippen molar-refractivity contribution in [1.29, 1.82) is 0 Å². The van der Waals surface area contributed by atoms with Gasteiger partial charge in [0.25, 0.3) is 0 Å². The van der Waals surface area contributed by atoms with Gasteiger partial charge < -0.3 is 213 Å². The van der Waals surface area contributed by atoms with E-state index < -0.39 is 305 Å². The van der Waals surface area contributed by atoms with Crippen LogP contribution in [0.15, 0.2) is 0 Å². The maximum Gasteiger partial charge on any atom is 0.187 e. The summed E-state index contributed by atoms with van der Waals surface area (Å²) in [6.07, 6.45) is -56.2. The number of hydrogen-bond acceptors (Lipinski definition) is 43. The zero-order valence-corrected chi connectivity index (χ0v) is 66.8. The smallest absolute Gasteiger partial charge is 0.187 e. The number of hydrogen-bond donors (Lipinski definition) is 25. The van der Waals surface area contributed by atoms with Crippen molar-refractivity contribution in [3.63, 3.8) is 0 Å². The molecule has 8 aliphatic heterocycles. The van der Waals surface area contributed by atoms with Gasteiger partial charge in [-0.2, -0.15) is 0 Å². The molecule has 40 atom stereocenters. The van der Waals surface area contributed by atoms with Gasteiger partial charge in [0.05, 0.1) is 66.1 Å². The summed E-state index contributed by atoms with van der Waals surface area (Å²) in [5, 5.41) is 274. The first-order valence-corrected chi connectivity index (χ1v) is 41.8. The third-order valence-corrected chi connectivity index (χ3v) is 22.9. The third kappa shape index (κ3) is 26.7. The van der Waals surface area contributed by atoms with Crippen LogP contribution in [0.25, 0.3) is 0 Å². The highest BCUT2D eigenvalue weighted by molar-refractivity contribution is 5.02. The van der Waals surface area contributed by atoms with Gasteiger partial charge in [-0.1, -0.05) is 129 Å². The van der Waals surface area contributed by atoms with Crippen molar-refractivity contribution in [2.45, 2.75) is 394 Å². The molecule has 0 spiro atoms. The largest absolute Gasteiger partial charge is 0.394 e. The summed E-state index contributed by atoms with van der Waals surface area (Å²) in [6.45, 7) is -2.68. The molecular formula is C75H136O43. The first-order chi connectivity index (χ1) is 56.7. The first kappa shape index (κ1) is 102. The molecule has 43 nitrogen and oxygen atoms in total. The molecule has 0 unspecified atom stereocenters. The van der Waals surface area contributed by atoms with Crippen molar-refractivity contribution in [1.82, 2.24) is 0 Å². The minimum Gasteiger partial charge on any atom is -0.394 e. The van der Waals surface area contributed by atoms with Crippen molar-refractivity contribution >= 4 is 0 Å². The molecule has 0 bridgehead atoms. The van der Waals surface area contributed by atoms with E-state index in [9.17, 15) is 128 Å². The lowest BCUT2D eigenvalue weighted by atomic mass is 9.95. The molecule has 0 radical (unpaired) electrons. The predicted molar refractivity (Wildman–Crippen MR) is 392 cm³/mol. The molecule has 694 valence electrons. The number of aliphatic hydroxyl groups is 25. The second-order valence-electron chi connectivity index (χ2n) is 31.6. The Morgan fingerprint density at radius 3 is 0.593 bits per heavy atom. The topological polar surface area (TPSA) is 672 Å². The van der Waals surface area contributed by atoms with Gasteiger partial charge in [0.2, 0.25) is 0 Å². The molecule has 0 aliphatic carbocycles. The minimum absolute atomic E-state index is 0.0461. The molecule has 8 aliphatic rings.